The van der Waals surface area contributed by atoms with E-state index in [1.807, 2.05) is 0 Å². The van der Waals surface area contributed by atoms with Crippen LogP contribution in [0.15, 0.2) is 24.3 Å². The fourth-order valence-electron chi connectivity index (χ4n) is 1.09. The first-order valence-corrected chi connectivity index (χ1v) is 4.18. The van der Waals surface area contributed by atoms with Crippen LogP contribution in [0.1, 0.15) is 10.4 Å². The maximum absolute atomic E-state index is 10.8. The Morgan fingerprint density at radius 1 is 1.47 bits per heavy atom. The molecule has 0 aliphatic carbocycles. The molecule has 1 aromatic carbocycles. The van der Waals surface area contributed by atoms with Gasteiger partial charge in [-0.2, -0.15) is 0 Å². The molecule has 0 aromatic heterocycles. The van der Waals surface area contributed by atoms with Gasteiger partial charge in [0.2, 0.25) is 0 Å². The number of nitrogens with zero attached hydrogens (tertiary/aromatic N) is 1. The van der Waals surface area contributed by atoms with Gasteiger partial charge in [0, 0.05) is 11.3 Å². The van der Waals surface area contributed by atoms with Gasteiger partial charge in [-0.3, -0.25) is 9.69 Å². The van der Waals surface area contributed by atoms with Crippen molar-refractivity contribution in [3.8, 4) is 12.3 Å². The molecule has 1 N–H and O–H groups in total. The highest BCUT2D eigenvalue weighted by atomic mass is 16.4. The maximum atomic E-state index is 10.8. The summed E-state index contributed by atoms with van der Waals surface area (Å²) in [5.74, 6) is 2.25. The normalized spacial score (nSPS) is 9.00. The van der Waals surface area contributed by atoms with E-state index in [0.717, 1.165) is 4.90 Å². The Kier molecular flexibility index (Phi) is 3.47. The minimum Gasteiger partial charge on any atom is -0.465 e. The summed E-state index contributed by atoms with van der Waals surface area (Å²) in [6.45, 7) is -0.0181. The smallest absolute Gasteiger partial charge is 0.412 e. The fourth-order valence-corrected chi connectivity index (χ4v) is 1.09. The average molecular weight is 203 g/mol. The Morgan fingerprint density at radius 2 is 2.07 bits per heavy atom. The van der Waals surface area contributed by atoms with Crippen LogP contribution in [0.4, 0.5) is 10.5 Å². The van der Waals surface area contributed by atoms with Gasteiger partial charge < -0.3 is 5.11 Å². The van der Waals surface area contributed by atoms with Crippen LogP contribution in [-0.2, 0) is 0 Å². The molecule has 1 rings (SSSR count). The summed E-state index contributed by atoms with van der Waals surface area (Å²) in [5, 5.41) is 8.85. The van der Waals surface area contributed by atoms with Crippen molar-refractivity contribution in [2.45, 2.75) is 0 Å². The molecule has 0 saturated heterocycles. The summed E-state index contributed by atoms with van der Waals surface area (Å²) in [7, 11) is 0. The third-order valence-corrected chi connectivity index (χ3v) is 1.82. The van der Waals surface area contributed by atoms with Gasteiger partial charge in [-0.25, -0.2) is 4.79 Å². The first kappa shape index (κ1) is 10.8. The molecule has 0 aliphatic heterocycles. The third kappa shape index (κ3) is 2.58. The van der Waals surface area contributed by atoms with Gasteiger partial charge in [-0.15, -0.1) is 6.42 Å². The summed E-state index contributed by atoms with van der Waals surface area (Å²) in [5.41, 5.74) is 0.941. The summed E-state index contributed by atoms with van der Waals surface area (Å²) in [6, 6.07) is 6.15. The van der Waals surface area contributed by atoms with Crippen molar-refractivity contribution in [3.05, 3.63) is 29.8 Å². The number of carboxylic acid groups (broad SMARTS) is 1. The second-order valence-electron chi connectivity index (χ2n) is 2.78. The number of anilines is 1. The minimum absolute atomic E-state index is 0.0181. The fraction of sp³-hybridized carbons (Fsp3) is 0.0909. The number of rotatable bonds is 3. The molecule has 1 amide bonds. The summed E-state index contributed by atoms with van der Waals surface area (Å²) < 4.78 is 0. The molecular weight excluding hydrogens is 194 g/mol. The molecule has 0 atom stereocenters. The topological polar surface area (TPSA) is 57.6 Å². The third-order valence-electron chi connectivity index (χ3n) is 1.82. The standard InChI is InChI=1S/C11H9NO3/c1-2-7-12(11(14)15)10-5-3-9(8-13)4-6-10/h1,3-6,8H,7H2,(H,14,15). The van der Waals surface area contributed by atoms with Crippen molar-refractivity contribution in [1.82, 2.24) is 0 Å². The molecule has 0 bridgehead atoms. The Morgan fingerprint density at radius 3 is 2.47 bits per heavy atom. The van der Waals surface area contributed by atoms with Gasteiger partial charge in [0.05, 0.1) is 6.54 Å². The van der Waals surface area contributed by atoms with E-state index >= 15 is 0 Å². The van der Waals surface area contributed by atoms with Crippen LogP contribution in [0.25, 0.3) is 0 Å². The van der Waals surface area contributed by atoms with Crippen molar-refractivity contribution >= 4 is 18.1 Å². The number of amides is 1. The molecule has 0 heterocycles. The van der Waals surface area contributed by atoms with E-state index in [2.05, 4.69) is 5.92 Å². The molecule has 1 aromatic rings. The molecule has 15 heavy (non-hydrogen) atoms. The first-order valence-electron chi connectivity index (χ1n) is 4.18. The van der Waals surface area contributed by atoms with E-state index in [1.165, 1.54) is 24.3 Å². The second kappa shape index (κ2) is 4.82. The molecule has 0 aliphatic rings. The highest BCUT2D eigenvalue weighted by Gasteiger charge is 2.12. The molecule has 0 saturated carbocycles. The number of hydrogen-bond acceptors (Lipinski definition) is 2. The van der Waals surface area contributed by atoms with Crippen LogP contribution in [0, 0.1) is 12.3 Å². The molecule has 0 radical (unpaired) electrons. The minimum atomic E-state index is -1.12. The number of hydrogen-bond donors (Lipinski definition) is 1. The molecule has 0 unspecified atom stereocenters. The summed E-state index contributed by atoms with van der Waals surface area (Å²) >= 11 is 0. The van der Waals surface area contributed by atoms with Crippen LogP contribution >= 0.6 is 0 Å². The van der Waals surface area contributed by atoms with Crippen molar-refractivity contribution in [2.24, 2.45) is 0 Å². The molecule has 0 fully saturated rings. The number of benzene rings is 1. The monoisotopic (exact) mass is 203 g/mol. The highest BCUT2D eigenvalue weighted by molar-refractivity contribution is 5.87. The zero-order chi connectivity index (χ0) is 11.3. The zero-order valence-electron chi connectivity index (χ0n) is 7.88. The van der Waals surface area contributed by atoms with Crippen LogP contribution in [-0.4, -0.2) is 24.0 Å². The van der Waals surface area contributed by atoms with Crippen LogP contribution in [0.5, 0.6) is 0 Å². The van der Waals surface area contributed by atoms with Crippen molar-refractivity contribution in [2.75, 3.05) is 11.4 Å². The van der Waals surface area contributed by atoms with Gasteiger partial charge >= 0.3 is 6.09 Å². The first-order chi connectivity index (χ1) is 7.19. The molecule has 0 spiro atoms. The maximum Gasteiger partial charge on any atom is 0.412 e. The van der Waals surface area contributed by atoms with Crippen LogP contribution in [0.2, 0.25) is 0 Å². The van der Waals surface area contributed by atoms with Crippen molar-refractivity contribution < 1.29 is 14.7 Å². The number of carbonyl (C=O) groups is 2. The Hall–Kier alpha value is -2.28. The van der Waals surface area contributed by atoms with Gasteiger partial charge in [-0.05, 0) is 24.3 Å². The van der Waals surface area contributed by atoms with Gasteiger partial charge in [-0.1, -0.05) is 5.92 Å². The average Bonchev–Trinajstić information content (AvgIpc) is 2.26. The molecule has 4 heteroatoms. The number of terminal acetylenes is 1. The van der Waals surface area contributed by atoms with E-state index in [9.17, 15) is 9.59 Å². The highest BCUT2D eigenvalue weighted by Crippen LogP contribution is 2.14. The SMILES string of the molecule is C#CCN(C(=O)O)c1ccc(C=O)cc1. The number of carbonyl (C=O) groups excluding carboxylic acids is 1. The largest absolute Gasteiger partial charge is 0.465 e. The Bertz CT molecular complexity index is 403. The van der Waals surface area contributed by atoms with Crippen molar-refractivity contribution in [1.29, 1.82) is 0 Å². The lowest BCUT2D eigenvalue weighted by Crippen LogP contribution is -2.29. The van der Waals surface area contributed by atoms with Gasteiger partial charge in [0.25, 0.3) is 0 Å². The van der Waals surface area contributed by atoms with Crippen LogP contribution in [0.3, 0.4) is 0 Å². The second-order valence-corrected chi connectivity index (χ2v) is 2.78. The molecule has 4 nitrogen and oxygen atoms in total. The quantitative estimate of drug-likeness (QED) is 0.599. The van der Waals surface area contributed by atoms with Gasteiger partial charge in [0.15, 0.2) is 0 Å². The molecule has 76 valence electrons. The summed E-state index contributed by atoms with van der Waals surface area (Å²) in [6.07, 6.45) is 4.62. The number of aldehydes is 1. The van der Waals surface area contributed by atoms with E-state index in [0.29, 0.717) is 17.5 Å². The van der Waals surface area contributed by atoms with E-state index in [-0.39, 0.29) is 6.54 Å². The lowest BCUT2D eigenvalue weighted by Gasteiger charge is -2.15. The molecular formula is C11H9NO3. The van der Waals surface area contributed by atoms with E-state index in [4.69, 9.17) is 11.5 Å². The van der Waals surface area contributed by atoms with Crippen LogP contribution < -0.4 is 4.90 Å². The van der Waals surface area contributed by atoms with Gasteiger partial charge in [0.1, 0.15) is 6.29 Å². The lowest BCUT2D eigenvalue weighted by atomic mass is 10.2. The predicted octanol–water partition coefficient (Wildman–Crippen LogP) is 1.62. The van der Waals surface area contributed by atoms with E-state index < -0.39 is 6.09 Å². The Labute approximate surface area is 87.1 Å². The van der Waals surface area contributed by atoms with E-state index in [1.54, 1.807) is 0 Å². The Balaban J connectivity index is 2.97. The van der Waals surface area contributed by atoms with Crippen molar-refractivity contribution in [3.63, 3.8) is 0 Å². The predicted molar refractivity (Wildman–Crippen MR) is 56.0 cm³/mol. The summed E-state index contributed by atoms with van der Waals surface area (Å²) in [4.78, 5) is 22.2. The zero-order valence-corrected chi connectivity index (χ0v) is 7.88. The lowest BCUT2D eigenvalue weighted by molar-refractivity contribution is 0.112.